The van der Waals surface area contributed by atoms with Crippen molar-refractivity contribution in [3.8, 4) is 0 Å². The van der Waals surface area contributed by atoms with E-state index in [1.165, 1.54) is 5.57 Å². The van der Waals surface area contributed by atoms with E-state index in [4.69, 9.17) is 9.47 Å². The Morgan fingerprint density at radius 2 is 2.00 bits per heavy atom. The van der Waals surface area contributed by atoms with Gasteiger partial charge in [0.05, 0.1) is 6.61 Å². The summed E-state index contributed by atoms with van der Waals surface area (Å²) in [6.45, 7) is 5.41. The third-order valence-corrected chi connectivity index (χ3v) is 9.17. The Balaban J connectivity index is 1.59. The molecule has 4 nitrogen and oxygen atoms in total. The summed E-state index contributed by atoms with van der Waals surface area (Å²) in [6, 6.07) is 0. The Kier molecular flexibility index (Phi) is 4.01. The van der Waals surface area contributed by atoms with Crippen molar-refractivity contribution >= 4 is 11.8 Å². The van der Waals surface area contributed by atoms with Crippen LogP contribution in [-0.4, -0.2) is 31.1 Å². The molecule has 0 N–H and O–H groups in total. The van der Waals surface area contributed by atoms with E-state index in [0.717, 1.165) is 32.1 Å². The maximum Gasteiger partial charge on any atom is 0.306 e. The number of carbonyl (C=O) groups excluding carboxylic acids is 2. The molecular formula is C24H32O4. The number of ether oxygens (including phenoxy) is 2. The minimum absolute atomic E-state index is 0.00546. The van der Waals surface area contributed by atoms with Gasteiger partial charge in [0, 0.05) is 43.1 Å². The van der Waals surface area contributed by atoms with Crippen LogP contribution in [0.1, 0.15) is 65.2 Å². The van der Waals surface area contributed by atoms with Crippen LogP contribution in [0.2, 0.25) is 0 Å². The molecule has 1 spiro atoms. The van der Waals surface area contributed by atoms with Gasteiger partial charge in [0.2, 0.25) is 0 Å². The second-order valence-corrected chi connectivity index (χ2v) is 10.3. The normalized spacial score (nSPS) is 47.2. The fourth-order valence-electron chi connectivity index (χ4n) is 7.57. The first-order chi connectivity index (χ1) is 13.3. The number of fused-ring (bicyclic) bond motifs is 6. The van der Waals surface area contributed by atoms with Gasteiger partial charge >= 0.3 is 5.97 Å². The number of rotatable bonds is 2. The second-order valence-electron chi connectivity index (χ2n) is 10.3. The minimum atomic E-state index is -0.276. The van der Waals surface area contributed by atoms with Gasteiger partial charge in [0.25, 0.3) is 0 Å². The monoisotopic (exact) mass is 384 g/mol. The third-order valence-electron chi connectivity index (χ3n) is 9.17. The van der Waals surface area contributed by atoms with Crippen LogP contribution in [0.5, 0.6) is 0 Å². The Morgan fingerprint density at radius 3 is 2.71 bits per heavy atom. The highest BCUT2D eigenvalue weighted by molar-refractivity contribution is 5.83. The van der Waals surface area contributed by atoms with Crippen LogP contribution in [0, 0.1) is 28.6 Å². The predicted octanol–water partition coefficient (Wildman–Crippen LogP) is 4.39. The molecule has 0 aromatic rings. The lowest BCUT2D eigenvalue weighted by atomic mass is 9.49. The Hall–Kier alpha value is -1.42. The SMILES string of the molecule is COC[C@@H]1C=C2CC(=O)CC[C@]2(C)C2=CC[C@@]3(C)C(CC[C@@]34CCC(=O)O4)C21. The molecule has 5 rings (SSSR count). The Bertz CT molecular complexity index is 794. The van der Waals surface area contributed by atoms with E-state index in [1.807, 2.05) is 0 Å². The lowest BCUT2D eigenvalue weighted by molar-refractivity contribution is -0.160. The molecule has 1 saturated heterocycles. The molecule has 152 valence electrons. The molecule has 0 bridgehead atoms. The van der Waals surface area contributed by atoms with E-state index in [-0.39, 0.29) is 22.4 Å². The van der Waals surface area contributed by atoms with Crippen molar-refractivity contribution in [2.75, 3.05) is 13.7 Å². The van der Waals surface area contributed by atoms with Crippen LogP contribution >= 0.6 is 0 Å². The summed E-state index contributed by atoms with van der Waals surface area (Å²) in [5.74, 6) is 1.60. The Labute approximate surface area is 167 Å². The number of esters is 1. The number of hydrogen-bond donors (Lipinski definition) is 0. The minimum Gasteiger partial charge on any atom is -0.458 e. The van der Waals surface area contributed by atoms with E-state index in [0.29, 0.717) is 49.4 Å². The first-order valence-corrected chi connectivity index (χ1v) is 11.0. The molecule has 4 heteroatoms. The van der Waals surface area contributed by atoms with Crippen LogP contribution in [0.15, 0.2) is 23.3 Å². The highest BCUT2D eigenvalue weighted by Crippen LogP contribution is 2.68. The largest absolute Gasteiger partial charge is 0.458 e. The third kappa shape index (κ3) is 2.27. The molecule has 4 aliphatic carbocycles. The zero-order valence-electron chi connectivity index (χ0n) is 17.4. The highest BCUT2D eigenvalue weighted by Gasteiger charge is 2.66. The van der Waals surface area contributed by atoms with Crippen molar-refractivity contribution < 1.29 is 19.1 Å². The zero-order chi connectivity index (χ0) is 19.7. The summed E-state index contributed by atoms with van der Waals surface area (Å²) in [5, 5.41) is 0. The molecule has 2 saturated carbocycles. The van der Waals surface area contributed by atoms with Crippen LogP contribution in [-0.2, 0) is 19.1 Å². The predicted molar refractivity (Wildman–Crippen MR) is 105 cm³/mol. The van der Waals surface area contributed by atoms with E-state index < -0.39 is 0 Å². The lowest BCUT2D eigenvalue weighted by Gasteiger charge is -2.56. The summed E-state index contributed by atoms with van der Waals surface area (Å²) in [7, 11) is 1.78. The average molecular weight is 385 g/mol. The first kappa shape index (κ1) is 18.6. The molecule has 0 amide bonds. The fourth-order valence-corrected chi connectivity index (χ4v) is 7.57. The number of allylic oxidation sites excluding steroid dienone is 3. The number of hydrogen-bond acceptors (Lipinski definition) is 4. The fraction of sp³-hybridized carbons (Fsp3) is 0.750. The van der Waals surface area contributed by atoms with Crippen LogP contribution in [0.3, 0.4) is 0 Å². The van der Waals surface area contributed by atoms with Crippen LogP contribution in [0.4, 0.5) is 0 Å². The summed E-state index contributed by atoms with van der Waals surface area (Å²) in [6.07, 6.45) is 11.6. The van der Waals surface area contributed by atoms with Gasteiger partial charge in [0.15, 0.2) is 0 Å². The van der Waals surface area contributed by atoms with E-state index in [9.17, 15) is 9.59 Å². The summed E-state index contributed by atoms with van der Waals surface area (Å²) >= 11 is 0. The van der Waals surface area contributed by atoms with Gasteiger partial charge in [-0.1, -0.05) is 37.1 Å². The molecule has 2 unspecified atom stereocenters. The van der Waals surface area contributed by atoms with Crippen molar-refractivity contribution in [1.82, 2.24) is 0 Å². The van der Waals surface area contributed by atoms with Gasteiger partial charge < -0.3 is 9.47 Å². The van der Waals surface area contributed by atoms with Crippen molar-refractivity contribution in [2.24, 2.45) is 28.6 Å². The van der Waals surface area contributed by atoms with Crippen molar-refractivity contribution in [3.05, 3.63) is 23.3 Å². The molecule has 0 aromatic heterocycles. The zero-order valence-corrected chi connectivity index (χ0v) is 17.4. The average Bonchev–Trinajstić information content (AvgIpc) is 3.18. The highest BCUT2D eigenvalue weighted by atomic mass is 16.6. The van der Waals surface area contributed by atoms with Gasteiger partial charge in [-0.05, 0) is 43.9 Å². The van der Waals surface area contributed by atoms with E-state index in [2.05, 4.69) is 26.0 Å². The van der Waals surface area contributed by atoms with E-state index >= 15 is 0 Å². The van der Waals surface area contributed by atoms with Crippen molar-refractivity contribution in [3.63, 3.8) is 0 Å². The number of methoxy groups -OCH3 is 1. The molecule has 0 radical (unpaired) electrons. The number of carbonyl (C=O) groups is 2. The van der Waals surface area contributed by atoms with Crippen molar-refractivity contribution in [1.29, 1.82) is 0 Å². The number of Topliss-reactive ketones (excluding diaryl/α,β-unsaturated/α-hetero) is 1. The summed E-state index contributed by atoms with van der Waals surface area (Å²) in [5.41, 5.74) is 2.61. The molecular weight excluding hydrogens is 352 g/mol. The molecule has 5 aliphatic rings. The van der Waals surface area contributed by atoms with Crippen LogP contribution in [0.25, 0.3) is 0 Å². The van der Waals surface area contributed by atoms with Gasteiger partial charge in [-0.2, -0.15) is 0 Å². The van der Waals surface area contributed by atoms with Gasteiger partial charge in [-0.3, -0.25) is 9.59 Å². The van der Waals surface area contributed by atoms with E-state index in [1.54, 1.807) is 12.7 Å². The maximum atomic E-state index is 12.2. The maximum absolute atomic E-state index is 12.2. The van der Waals surface area contributed by atoms with Gasteiger partial charge in [-0.15, -0.1) is 0 Å². The summed E-state index contributed by atoms with van der Waals surface area (Å²) < 4.78 is 11.7. The molecule has 3 fully saturated rings. The molecule has 0 aromatic carbocycles. The van der Waals surface area contributed by atoms with Gasteiger partial charge in [0.1, 0.15) is 11.4 Å². The molecule has 28 heavy (non-hydrogen) atoms. The Morgan fingerprint density at radius 1 is 1.18 bits per heavy atom. The van der Waals surface area contributed by atoms with Gasteiger partial charge in [-0.25, -0.2) is 0 Å². The standard InChI is InChI=1S/C24H32O4/c1-22-8-4-17(25)13-16(22)12-15(14-27-3)21-18(22)5-9-23(2)19(21)6-10-24(23)11-7-20(26)28-24/h5,12,15,19,21H,4,6-11,13-14H2,1-3H3/t15-,19?,21?,22-,23-,24+/m0/s1. The second kappa shape index (κ2) is 6.04. The first-order valence-electron chi connectivity index (χ1n) is 11.0. The number of ketones is 1. The topological polar surface area (TPSA) is 52.6 Å². The molecule has 1 heterocycles. The smallest absolute Gasteiger partial charge is 0.306 e. The van der Waals surface area contributed by atoms with Crippen LogP contribution < -0.4 is 0 Å². The quantitative estimate of drug-likeness (QED) is 0.523. The summed E-state index contributed by atoms with van der Waals surface area (Å²) in [4.78, 5) is 24.2. The van der Waals surface area contributed by atoms with Crippen molar-refractivity contribution in [2.45, 2.75) is 70.8 Å². The molecule has 6 atom stereocenters. The lowest BCUT2D eigenvalue weighted by Crippen LogP contribution is -2.52. The molecule has 1 aliphatic heterocycles.